The van der Waals surface area contributed by atoms with E-state index in [1.54, 1.807) is 12.6 Å². The van der Waals surface area contributed by atoms with Gasteiger partial charge in [0.25, 0.3) is 0 Å². The SMILES string of the molecule is C=C[SiH2]C(=O)C(=C)C. The summed E-state index contributed by atoms with van der Waals surface area (Å²) in [5.41, 5.74) is 2.38. The van der Waals surface area contributed by atoms with Gasteiger partial charge in [-0.2, -0.15) is 0 Å². The predicted octanol–water partition coefficient (Wildman–Crippen LogP) is 0.401. The average molecular weight is 126 g/mol. The van der Waals surface area contributed by atoms with Gasteiger partial charge in [0, 0.05) is 0 Å². The fourth-order valence-electron chi connectivity index (χ4n) is 0.305. The van der Waals surface area contributed by atoms with Gasteiger partial charge in [0.15, 0.2) is 0 Å². The summed E-state index contributed by atoms with van der Waals surface area (Å²) in [5.74, 6) is 0. The third-order valence-corrected chi connectivity index (χ3v) is 2.07. The number of carbonyl (C=O) groups excluding carboxylic acids is 1. The molecule has 0 saturated carbocycles. The lowest BCUT2D eigenvalue weighted by Gasteiger charge is -1.88. The first-order valence-corrected chi connectivity index (χ1v) is 4.00. The molecule has 0 fully saturated rings. The summed E-state index contributed by atoms with van der Waals surface area (Å²) in [6.45, 7) is 8.73. The summed E-state index contributed by atoms with van der Waals surface area (Å²) in [6, 6.07) is 0. The maximum Gasteiger partial charge on any atom is 0.132 e. The van der Waals surface area contributed by atoms with Gasteiger partial charge in [0.05, 0.1) is 0 Å². The molecule has 0 spiro atoms. The normalized spacial score (nSPS) is 9.62. The van der Waals surface area contributed by atoms with Crippen LogP contribution in [0, 0.1) is 0 Å². The zero-order chi connectivity index (χ0) is 6.57. The van der Waals surface area contributed by atoms with Gasteiger partial charge >= 0.3 is 0 Å². The Labute approximate surface area is 51.9 Å². The Morgan fingerprint density at radius 1 is 1.75 bits per heavy atom. The quantitative estimate of drug-likeness (QED) is 0.395. The molecule has 0 aliphatic heterocycles. The van der Waals surface area contributed by atoms with Gasteiger partial charge in [-0.25, -0.2) is 0 Å². The van der Waals surface area contributed by atoms with Crippen LogP contribution in [0.5, 0.6) is 0 Å². The minimum Gasteiger partial charge on any atom is -0.301 e. The number of allylic oxidation sites excluding steroid dienone is 1. The number of rotatable bonds is 3. The van der Waals surface area contributed by atoms with Gasteiger partial charge in [-0.3, -0.25) is 0 Å². The molecule has 0 aliphatic rings. The molecule has 0 radical (unpaired) electrons. The van der Waals surface area contributed by atoms with Gasteiger partial charge in [-0.05, 0) is 12.5 Å². The van der Waals surface area contributed by atoms with Crippen LogP contribution in [0.15, 0.2) is 24.4 Å². The molecule has 0 atom stereocenters. The number of hydrogen-bond acceptors (Lipinski definition) is 1. The lowest BCUT2D eigenvalue weighted by Crippen LogP contribution is -2.05. The molecule has 0 amide bonds. The van der Waals surface area contributed by atoms with Crippen molar-refractivity contribution < 1.29 is 4.79 Å². The third-order valence-electron chi connectivity index (χ3n) is 0.806. The third kappa shape index (κ3) is 2.52. The molecular formula is C6H10OSi. The Morgan fingerprint density at radius 2 is 2.25 bits per heavy atom. The Balaban J connectivity index is 3.65. The minimum atomic E-state index is -0.676. The highest BCUT2D eigenvalue weighted by Gasteiger charge is 1.96. The van der Waals surface area contributed by atoms with E-state index in [2.05, 4.69) is 13.2 Å². The van der Waals surface area contributed by atoms with Crippen molar-refractivity contribution in [3.63, 3.8) is 0 Å². The molecule has 0 N–H and O–H groups in total. The number of hydrogen-bond donors (Lipinski definition) is 0. The second kappa shape index (κ2) is 3.38. The summed E-state index contributed by atoms with van der Waals surface area (Å²) in [6.07, 6.45) is 0. The van der Waals surface area contributed by atoms with Crippen molar-refractivity contribution in [3.05, 3.63) is 24.4 Å². The highest BCUT2D eigenvalue weighted by Crippen LogP contribution is 1.86. The van der Waals surface area contributed by atoms with Crippen molar-refractivity contribution >= 4 is 14.9 Å². The first kappa shape index (κ1) is 7.37. The molecule has 8 heavy (non-hydrogen) atoms. The van der Waals surface area contributed by atoms with Crippen LogP contribution < -0.4 is 0 Å². The smallest absolute Gasteiger partial charge is 0.132 e. The first-order valence-electron chi connectivity index (χ1n) is 2.48. The van der Waals surface area contributed by atoms with Crippen LogP contribution in [-0.4, -0.2) is 14.9 Å². The standard InChI is InChI=1S/C6H10OSi/c1-4-8-6(7)5(2)3/h4H,1-2,8H2,3H3. The van der Waals surface area contributed by atoms with Gasteiger partial charge in [0.1, 0.15) is 14.9 Å². The van der Waals surface area contributed by atoms with E-state index < -0.39 is 9.52 Å². The first-order chi connectivity index (χ1) is 3.68. The Bertz CT molecular complexity index is 126. The van der Waals surface area contributed by atoms with Crippen molar-refractivity contribution in [2.45, 2.75) is 6.92 Å². The van der Waals surface area contributed by atoms with Gasteiger partial charge in [-0.1, -0.05) is 12.3 Å². The maximum atomic E-state index is 10.6. The zero-order valence-corrected chi connectivity index (χ0v) is 6.52. The topological polar surface area (TPSA) is 17.1 Å². The molecule has 0 aliphatic carbocycles. The van der Waals surface area contributed by atoms with E-state index in [0.717, 1.165) is 0 Å². The second-order valence-electron chi connectivity index (χ2n) is 1.70. The molecule has 0 aromatic rings. The minimum absolute atomic E-state index is 0.208. The van der Waals surface area contributed by atoms with Crippen molar-refractivity contribution in [1.29, 1.82) is 0 Å². The van der Waals surface area contributed by atoms with Crippen molar-refractivity contribution in [2.75, 3.05) is 0 Å². The van der Waals surface area contributed by atoms with Crippen LogP contribution >= 0.6 is 0 Å². The summed E-state index contributed by atoms with van der Waals surface area (Å²) in [4.78, 5) is 10.6. The zero-order valence-electron chi connectivity index (χ0n) is 5.11. The summed E-state index contributed by atoms with van der Waals surface area (Å²) in [7, 11) is -0.676. The summed E-state index contributed by atoms with van der Waals surface area (Å²) >= 11 is 0. The Hall–Kier alpha value is -0.633. The predicted molar refractivity (Wildman–Crippen MR) is 38.6 cm³/mol. The molecular weight excluding hydrogens is 116 g/mol. The van der Waals surface area contributed by atoms with Gasteiger partial charge < -0.3 is 4.79 Å². The summed E-state index contributed by atoms with van der Waals surface area (Å²) in [5, 5.41) is 0.208. The van der Waals surface area contributed by atoms with Gasteiger partial charge in [-0.15, -0.1) is 6.58 Å². The van der Waals surface area contributed by atoms with E-state index in [9.17, 15) is 4.79 Å². The molecule has 0 saturated heterocycles. The Morgan fingerprint density at radius 3 is 2.38 bits per heavy atom. The maximum absolute atomic E-state index is 10.6. The monoisotopic (exact) mass is 126 g/mol. The van der Waals surface area contributed by atoms with E-state index in [4.69, 9.17) is 0 Å². The molecule has 44 valence electrons. The molecule has 2 heteroatoms. The van der Waals surface area contributed by atoms with Crippen LogP contribution in [0.1, 0.15) is 6.92 Å². The lowest BCUT2D eigenvalue weighted by atomic mass is 10.4. The van der Waals surface area contributed by atoms with E-state index in [0.29, 0.717) is 5.57 Å². The molecule has 0 rings (SSSR count). The average Bonchev–Trinajstić information content (AvgIpc) is 1.67. The molecule has 0 heterocycles. The molecule has 0 unspecified atom stereocenters. The van der Waals surface area contributed by atoms with Crippen molar-refractivity contribution in [2.24, 2.45) is 0 Å². The fraction of sp³-hybridized carbons (Fsp3) is 0.167. The molecule has 1 nitrogen and oxygen atoms in total. The largest absolute Gasteiger partial charge is 0.301 e. The lowest BCUT2D eigenvalue weighted by molar-refractivity contribution is -0.108. The fourth-order valence-corrected chi connectivity index (χ4v) is 0.916. The van der Waals surface area contributed by atoms with Crippen LogP contribution in [0.4, 0.5) is 0 Å². The van der Waals surface area contributed by atoms with Crippen LogP contribution in [0.25, 0.3) is 0 Å². The van der Waals surface area contributed by atoms with E-state index in [-0.39, 0.29) is 5.41 Å². The molecule has 0 aromatic carbocycles. The van der Waals surface area contributed by atoms with Crippen LogP contribution in [-0.2, 0) is 4.79 Å². The molecule has 0 bridgehead atoms. The highest BCUT2D eigenvalue weighted by molar-refractivity contribution is 6.80. The second-order valence-corrected chi connectivity index (χ2v) is 3.32. The van der Waals surface area contributed by atoms with Crippen molar-refractivity contribution in [1.82, 2.24) is 0 Å². The van der Waals surface area contributed by atoms with Gasteiger partial charge in [0.2, 0.25) is 0 Å². The van der Waals surface area contributed by atoms with Crippen LogP contribution in [0.3, 0.4) is 0 Å². The van der Waals surface area contributed by atoms with Crippen molar-refractivity contribution in [3.8, 4) is 0 Å². The highest BCUT2D eigenvalue weighted by atomic mass is 28.2. The summed E-state index contributed by atoms with van der Waals surface area (Å²) < 4.78 is 0. The Kier molecular flexibility index (Phi) is 3.11. The van der Waals surface area contributed by atoms with E-state index in [1.165, 1.54) is 0 Å². The van der Waals surface area contributed by atoms with Crippen LogP contribution in [0.2, 0.25) is 0 Å². The molecule has 0 aromatic heterocycles. The van der Waals surface area contributed by atoms with E-state index in [1.807, 2.05) is 0 Å². The number of carbonyl (C=O) groups is 1. The van der Waals surface area contributed by atoms with E-state index >= 15 is 0 Å².